The van der Waals surface area contributed by atoms with Crippen molar-refractivity contribution in [3.63, 3.8) is 0 Å². The number of alkyl halides is 3. The Hall–Kier alpha value is -3.15. The Bertz CT molecular complexity index is 1340. The average Bonchev–Trinajstić information content (AvgIpc) is 2.83. The summed E-state index contributed by atoms with van der Waals surface area (Å²) < 4.78 is 67.5. The molecule has 0 atom stereocenters. The van der Waals surface area contributed by atoms with Gasteiger partial charge in [-0.3, -0.25) is 9.78 Å². The molecule has 37 heavy (non-hydrogen) atoms. The van der Waals surface area contributed by atoms with Crippen molar-refractivity contribution in [3.8, 4) is 16.9 Å². The molecule has 0 radical (unpaired) electrons. The number of anilines is 1. The van der Waals surface area contributed by atoms with Crippen molar-refractivity contribution in [1.29, 1.82) is 0 Å². The van der Waals surface area contributed by atoms with Crippen molar-refractivity contribution in [3.05, 3.63) is 71.8 Å². The molecule has 2 aromatic carbocycles. The van der Waals surface area contributed by atoms with E-state index < -0.39 is 23.5 Å². The minimum atomic E-state index is -4.62. The summed E-state index contributed by atoms with van der Waals surface area (Å²) >= 11 is 1.20. The summed E-state index contributed by atoms with van der Waals surface area (Å²) in [6.45, 7) is 2.76. The van der Waals surface area contributed by atoms with Crippen molar-refractivity contribution >= 4 is 23.5 Å². The number of pyridine rings is 1. The summed E-state index contributed by atoms with van der Waals surface area (Å²) in [5, 5.41) is 0. The van der Waals surface area contributed by atoms with Gasteiger partial charge in [-0.1, -0.05) is 0 Å². The van der Waals surface area contributed by atoms with Gasteiger partial charge in [0.2, 0.25) is 0 Å². The molecule has 11 heteroatoms. The van der Waals surface area contributed by atoms with Gasteiger partial charge in [0, 0.05) is 59.4 Å². The van der Waals surface area contributed by atoms with Crippen LogP contribution in [0.4, 0.5) is 23.2 Å². The van der Waals surface area contributed by atoms with Gasteiger partial charge in [0.1, 0.15) is 11.6 Å². The molecule has 0 saturated carbocycles. The molecule has 1 aromatic heterocycles. The fourth-order valence-corrected chi connectivity index (χ4v) is 5.83. The minimum Gasteiger partial charge on any atom is -0.496 e. The zero-order valence-corrected chi connectivity index (χ0v) is 20.8. The van der Waals surface area contributed by atoms with Gasteiger partial charge in [0.05, 0.1) is 37.8 Å². The third-order valence-electron chi connectivity index (χ3n) is 6.48. The van der Waals surface area contributed by atoms with Crippen LogP contribution < -0.4 is 9.64 Å². The van der Waals surface area contributed by atoms with Gasteiger partial charge in [-0.25, -0.2) is 8.70 Å². The van der Waals surface area contributed by atoms with Crippen LogP contribution in [0.5, 0.6) is 5.75 Å². The topological polar surface area (TPSA) is 54.9 Å². The van der Waals surface area contributed by atoms with E-state index in [2.05, 4.69) is 4.98 Å². The van der Waals surface area contributed by atoms with E-state index in [1.54, 1.807) is 6.07 Å². The van der Waals surface area contributed by atoms with E-state index >= 15 is 0 Å². The molecule has 2 aliphatic heterocycles. The van der Waals surface area contributed by atoms with Crippen molar-refractivity contribution in [2.75, 3.05) is 45.4 Å². The number of halogens is 4. The number of rotatable bonds is 6. The number of methoxy groups -OCH3 is 1. The van der Waals surface area contributed by atoms with Crippen LogP contribution in [0.15, 0.2) is 59.8 Å². The molecule has 1 spiro atoms. The van der Waals surface area contributed by atoms with Gasteiger partial charge >= 0.3 is 6.18 Å². The van der Waals surface area contributed by atoms with E-state index in [9.17, 15) is 22.4 Å². The lowest BCUT2D eigenvalue weighted by Gasteiger charge is -2.54. The van der Waals surface area contributed by atoms with Gasteiger partial charge in [0.25, 0.3) is 5.91 Å². The van der Waals surface area contributed by atoms with E-state index in [1.165, 1.54) is 67.7 Å². The molecule has 0 bridgehead atoms. The monoisotopic (exact) mass is 533 g/mol. The van der Waals surface area contributed by atoms with E-state index in [0.29, 0.717) is 34.9 Å². The van der Waals surface area contributed by atoms with E-state index in [-0.39, 0.29) is 16.7 Å². The predicted octanol–water partition coefficient (Wildman–Crippen LogP) is 5.53. The molecule has 0 aliphatic carbocycles. The van der Waals surface area contributed by atoms with Crippen LogP contribution in [0.1, 0.15) is 15.9 Å². The summed E-state index contributed by atoms with van der Waals surface area (Å²) in [7, 11) is 2.86. The molecule has 6 nitrogen and oxygen atoms in total. The van der Waals surface area contributed by atoms with E-state index in [1.807, 2.05) is 4.31 Å². The molecular weight excluding hydrogens is 510 g/mol. The van der Waals surface area contributed by atoms with Gasteiger partial charge in [0.15, 0.2) is 0 Å². The van der Waals surface area contributed by atoms with Gasteiger partial charge in [-0.2, -0.15) is 13.2 Å². The third-order valence-corrected chi connectivity index (χ3v) is 7.44. The summed E-state index contributed by atoms with van der Waals surface area (Å²) in [4.78, 5) is 19.2. The number of aromatic nitrogens is 1. The Labute approximate surface area is 215 Å². The lowest BCUT2D eigenvalue weighted by molar-refractivity contribution is -0.164. The van der Waals surface area contributed by atoms with Crippen LogP contribution in [0, 0.1) is 11.2 Å². The smallest absolute Gasteiger partial charge is 0.416 e. The minimum absolute atomic E-state index is 0.103. The maximum absolute atomic E-state index is 13.8. The molecule has 5 rings (SSSR count). The predicted molar refractivity (Wildman–Crippen MR) is 131 cm³/mol. The quantitative estimate of drug-likeness (QED) is 0.307. The van der Waals surface area contributed by atoms with Gasteiger partial charge < -0.3 is 14.4 Å². The Balaban J connectivity index is 1.46. The van der Waals surface area contributed by atoms with E-state index in [4.69, 9.17) is 9.47 Å². The summed E-state index contributed by atoms with van der Waals surface area (Å²) in [6.07, 6.45) is -1.69. The molecular formula is C26H23F4N3O3S. The molecule has 3 heterocycles. The zero-order valence-electron chi connectivity index (χ0n) is 20.0. The van der Waals surface area contributed by atoms with Crippen molar-refractivity contribution in [1.82, 2.24) is 9.29 Å². The Morgan fingerprint density at radius 3 is 2.54 bits per heavy atom. The second-order valence-corrected chi connectivity index (χ2v) is 10.4. The first-order chi connectivity index (χ1) is 17.6. The van der Waals surface area contributed by atoms with Crippen LogP contribution in [0.2, 0.25) is 0 Å². The Morgan fingerprint density at radius 2 is 1.89 bits per heavy atom. The number of carbonyl (C=O) groups is 1. The summed E-state index contributed by atoms with van der Waals surface area (Å²) in [6, 6.07) is 9.00. The molecule has 1 amide bonds. The van der Waals surface area contributed by atoms with Gasteiger partial charge in [-0.15, -0.1) is 0 Å². The SMILES string of the molecule is COc1cc(F)ccc1-c1ccncc1N(C)C(=O)c1cc(SN2CC3(COC3)C2)cc(C(F)(F)F)c1. The number of hydrogen-bond acceptors (Lipinski definition) is 6. The molecule has 194 valence electrons. The highest BCUT2D eigenvalue weighted by Crippen LogP contribution is 2.44. The van der Waals surface area contributed by atoms with Crippen LogP contribution >= 0.6 is 11.9 Å². The number of carbonyl (C=O) groups excluding carboxylic acids is 1. The van der Waals surface area contributed by atoms with Crippen LogP contribution in [-0.4, -0.2) is 55.7 Å². The summed E-state index contributed by atoms with van der Waals surface area (Å²) in [5.41, 5.74) is 0.446. The second-order valence-electron chi connectivity index (χ2n) is 9.23. The third kappa shape index (κ3) is 5.03. The van der Waals surface area contributed by atoms with Crippen LogP contribution in [0.25, 0.3) is 11.1 Å². The first-order valence-corrected chi connectivity index (χ1v) is 12.1. The fraction of sp³-hybridized carbons (Fsp3) is 0.308. The Kier molecular flexibility index (Phi) is 6.63. The molecule has 3 aromatic rings. The highest BCUT2D eigenvalue weighted by atomic mass is 32.2. The average molecular weight is 534 g/mol. The highest BCUT2D eigenvalue weighted by Gasteiger charge is 2.49. The lowest BCUT2D eigenvalue weighted by Crippen LogP contribution is -2.63. The Morgan fingerprint density at radius 1 is 1.14 bits per heavy atom. The van der Waals surface area contributed by atoms with Crippen molar-refractivity contribution < 1.29 is 31.8 Å². The largest absolute Gasteiger partial charge is 0.496 e. The lowest BCUT2D eigenvalue weighted by atomic mass is 9.80. The molecule has 0 N–H and O–H groups in total. The van der Waals surface area contributed by atoms with Crippen molar-refractivity contribution in [2.24, 2.45) is 5.41 Å². The van der Waals surface area contributed by atoms with Crippen molar-refractivity contribution in [2.45, 2.75) is 11.1 Å². The maximum Gasteiger partial charge on any atom is 0.416 e. The second kappa shape index (κ2) is 9.62. The van der Waals surface area contributed by atoms with E-state index in [0.717, 1.165) is 25.2 Å². The number of benzene rings is 2. The first kappa shape index (κ1) is 25.5. The summed E-state index contributed by atoms with van der Waals surface area (Å²) in [5.74, 6) is -0.890. The number of nitrogens with zero attached hydrogens (tertiary/aromatic N) is 3. The number of ether oxygens (including phenoxy) is 2. The first-order valence-electron chi connectivity index (χ1n) is 11.4. The normalized spacial score (nSPS) is 16.7. The standard InChI is InChI=1S/C26H23F4N3O3S/c1-32(22-11-31-6-5-20(22)21-4-3-18(27)10-23(21)35-2)24(34)16-7-17(26(28,29)30)9-19(8-16)37-33-12-25(13-33)14-36-15-25/h3-11H,12-15H2,1-2H3. The number of hydrogen-bond donors (Lipinski definition) is 0. The molecule has 2 saturated heterocycles. The maximum atomic E-state index is 13.8. The molecule has 2 fully saturated rings. The van der Waals surface area contributed by atoms with Crippen LogP contribution in [0.3, 0.4) is 0 Å². The molecule has 0 unspecified atom stereocenters. The molecule has 2 aliphatic rings. The highest BCUT2D eigenvalue weighted by molar-refractivity contribution is 7.97. The van der Waals surface area contributed by atoms with Crippen LogP contribution in [-0.2, 0) is 10.9 Å². The van der Waals surface area contributed by atoms with Gasteiger partial charge in [-0.05, 0) is 48.3 Å². The fourth-order valence-electron chi connectivity index (χ4n) is 4.50. The number of amides is 1. The zero-order chi connectivity index (χ0) is 26.4.